The Hall–Kier alpha value is -2.24. The number of carboxylic acid groups (broad SMARTS) is 1. The second-order valence-electron chi connectivity index (χ2n) is 2.86. The molecule has 1 aromatic rings. The second kappa shape index (κ2) is 3.49. The molecule has 1 aliphatic rings. The quantitative estimate of drug-likeness (QED) is 0.533. The van der Waals surface area contributed by atoms with Gasteiger partial charge in [-0.3, -0.25) is 4.79 Å². The van der Waals surface area contributed by atoms with E-state index in [4.69, 9.17) is 9.84 Å². The molecule has 0 aliphatic carbocycles. The van der Waals surface area contributed by atoms with Crippen LogP contribution in [-0.4, -0.2) is 23.8 Å². The Morgan fingerprint density at radius 2 is 2.33 bits per heavy atom. The van der Waals surface area contributed by atoms with E-state index < -0.39 is 6.16 Å². The molecule has 0 radical (unpaired) electrons. The molecule has 0 unspecified atom stereocenters. The van der Waals surface area contributed by atoms with Crippen LogP contribution in [0, 0.1) is 0 Å². The Kier molecular flexibility index (Phi) is 2.17. The molecule has 0 spiro atoms. The Morgan fingerprint density at radius 3 is 3.07 bits per heavy atom. The summed E-state index contributed by atoms with van der Waals surface area (Å²) in [5, 5.41) is 10.9. The minimum atomic E-state index is -1.40. The lowest BCUT2D eigenvalue weighted by Crippen LogP contribution is -2.25. The SMILES string of the molecule is O=C1COc2ccc(OC(=O)O)cc2N1. The van der Waals surface area contributed by atoms with Crippen LogP contribution in [0.15, 0.2) is 18.2 Å². The van der Waals surface area contributed by atoms with E-state index in [1.54, 1.807) is 0 Å². The fraction of sp³-hybridized carbons (Fsp3) is 0.111. The fourth-order valence-corrected chi connectivity index (χ4v) is 1.23. The first-order valence-electron chi connectivity index (χ1n) is 4.12. The Balaban J connectivity index is 2.28. The lowest BCUT2D eigenvalue weighted by molar-refractivity contribution is -0.118. The molecule has 2 rings (SSSR count). The second-order valence-corrected chi connectivity index (χ2v) is 2.86. The summed E-state index contributed by atoms with van der Waals surface area (Å²) < 4.78 is 9.51. The van der Waals surface area contributed by atoms with Crippen LogP contribution in [0.3, 0.4) is 0 Å². The van der Waals surface area contributed by atoms with E-state index in [9.17, 15) is 9.59 Å². The van der Waals surface area contributed by atoms with Gasteiger partial charge in [0.25, 0.3) is 5.91 Å². The number of hydrogen-bond acceptors (Lipinski definition) is 4. The summed E-state index contributed by atoms with van der Waals surface area (Å²) in [6, 6.07) is 4.37. The Labute approximate surface area is 84.4 Å². The van der Waals surface area contributed by atoms with Crippen molar-refractivity contribution >= 4 is 17.7 Å². The van der Waals surface area contributed by atoms with Gasteiger partial charge in [0.2, 0.25) is 0 Å². The third-order valence-corrected chi connectivity index (χ3v) is 1.79. The summed E-state index contributed by atoms with van der Waals surface area (Å²) in [6.45, 7) is -0.0356. The Bertz CT molecular complexity index is 429. The first-order chi connectivity index (χ1) is 7.15. The zero-order valence-electron chi connectivity index (χ0n) is 7.52. The predicted octanol–water partition coefficient (Wildman–Crippen LogP) is 1.07. The van der Waals surface area contributed by atoms with Gasteiger partial charge in [0.05, 0.1) is 5.69 Å². The van der Waals surface area contributed by atoms with E-state index in [2.05, 4.69) is 10.1 Å². The monoisotopic (exact) mass is 209 g/mol. The molecule has 0 saturated heterocycles. The maximum atomic E-state index is 11.0. The molecule has 0 fully saturated rings. The van der Waals surface area contributed by atoms with E-state index in [1.165, 1.54) is 18.2 Å². The average Bonchev–Trinajstić information content (AvgIpc) is 2.16. The molecule has 6 heteroatoms. The van der Waals surface area contributed by atoms with Gasteiger partial charge in [-0.05, 0) is 12.1 Å². The predicted molar refractivity (Wildman–Crippen MR) is 49.2 cm³/mol. The molecule has 15 heavy (non-hydrogen) atoms. The largest absolute Gasteiger partial charge is 0.511 e. The summed E-state index contributed by atoms with van der Waals surface area (Å²) in [4.78, 5) is 21.2. The van der Waals surface area contributed by atoms with Crippen LogP contribution in [0.4, 0.5) is 10.5 Å². The number of benzene rings is 1. The summed E-state index contributed by atoms with van der Waals surface area (Å²) in [5.41, 5.74) is 0.407. The van der Waals surface area contributed by atoms with Gasteiger partial charge in [0, 0.05) is 6.07 Å². The van der Waals surface area contributed by atoms with E-state index >= 15 is 0 Å². The lowest BCUT2D eigenvalue weighted by atomic mass is 10.2. The smallest absolute Gasteiger partial charge is 0.482 e. The van der Waals surface area contributed by atoms with Crippen LogP contribution in [-0.2, 0) is 4.79 Å². The number of nitrogens with one attached hydrogen (secondary N) is 1. The first kappa shape index (κ1) is 9.32. The minimum absolute atomic E-state index is 0.0356. The van der Waals surface area contributed by atoms with Crippen LogP contribution < -0.4 is 14.8 Å². The average molecular weight is 209 g/mol. The summed E-state index contributed by atoms with van der Waals surface area (Å²) in [5.74, 6) is 0.342. The van der Waals surface area contributed by atoms with Crippen molar-refractivity contribution in [1.29, 1.82) is 0 Å². The van der Waals surface area contributed by atoms with E-state index in [0.29, 0.717) is 11.4 Å². The summed E-state index contributed by atoms with van der Waals surface area (Å²) >= 11 is 0. The lowest BCUT2D eigenvalue weighted by Gasteiger charge is -2.17. The van der Waals surface area contributed by atoms with E-state index in [1.807, 2.05) is 0 Å². The van der Waals surface area contributed by atoms with Gasteiger partial charge in [-0.1, -0.05) is 0 Å². The van der Waals surface area contributed by atoms with E-state index in [0.717, 1.165) is 0 Å². The minimum Gasteiger partial charge on any atom is -0.482 e. The molecule has 0 aromatic heterocycles. The highest BCUT2D eigenvalue weighted by Gasteiger charge is 2.16. The van der Waals surface area contributed by atoms with Crippen molar-refractivity contribution in [2.45, 2.75) is 0 Å². The van der Waals surface area contributed by atoms with Crippen molar-refractivity contribution in [3.05, 3.63) is 18.2 Å². The topological polar surface area (TPSA) is 84.9 Å². The summed E-state index contributed by atoms with van der Waals surface area (Å²) in [7, 11) is 0. The van der Waals surface area contributed by atoms with Gasteiger partial charge in [-0.25, -0.2) is 4.79 Å². The standard InChI is InChI=1S/C9H7NO5/c11-8-4-14-7-2-1-5(15-9(12)13)3-6(7)10-8/h1-3H,4H2,(H,10,11)(H,12,13). The number of rotatable bonds is 1. The van der Waals surface area contributed by atoms with Crippen molar-refractivity contribution in [2.24, 2.45) is 0 Å². The first-order valence-corrected chi connectivity index (χ1v) is 4.12. The maximum absolute atomic E-state index is 11.0. The molecule has 1 amide bonds. The number of carbonyl (C=O) groups is 2. The molecular formula is C9H7NO5. The van der Waals surface area contributed by atoms with Gasteiger partial charge in [-0.15, -0.1) is 0 Å². The van der Waals surface area contributed by atoms with Gasteiger partial charge in [0.1, 0.15) is 11.5 Å². The van der Waals surface area contributed by atoms with Crippen molar-refractivity contribution in [3.8, 4) is 11.5 Å². The number of amides is 1. The van der Waals surface area contributed by atoms with Gasteiger partial charge < -0.3 is 19.9 Å². The Morgan fingerprint density at radius 1 is 1.53 bits per heavy atom. The van der Waals surface area contributed by atoms with Crippen LogP contribution in [0.5, 0.6) is 11.5 Å². The third kappa shape index (κ3) is 1.98. The molecular weight excluding hydrogens is 202 g/mol. The molecule has 1 aromatic carbocycles. The highest BCUT2D eigenvalue weighted by molar-refractivity contribution is 5.95. The summed E-state index contributed by atoms with van der Waals surface area (Å²) in [6.07, 6.45) is -1.40. The molecule has 2 N–H and O–H groups in total. The van der Waals surface area contributed by atoms with Crippen molar-refractivity contribution in [3.63, 3.8) is 0 Å². The van der Waals surface area contributed by atoms with Crippen LogP contribution in [0.2, 0.25) is 0 Å². The maximum Gasteiger partial charge on any atom is 0.511 e. The van der Waals surface area contributed by atoms with Crippen LogP contribution in [0.25, 0.3) is 0 Å². The number of fused-ring (bicyclic) bond motifs is 1. The highest BCUT2D eigenvalue weighted by atomic mass is 16.7. The van der Waals surface area contributed by atoms with Gasteiger partial charge in [-0.2, -0.15) is 0 Å². The fourth-order valence-electron chi connectivity index (χ4n) is 1.23. The van der Waals surface area contributed by atoms with Crippen molar-refractivity contribution < 1.29 is 24.2 Å². The molecule has 6 nitrogen and oxygen atoms in total. The zero-order chi connectivity index (χ0) is 10.8. The van der Waals surface area contributed by atoms with Crippen LogP contribution >= 0.6 is 0 Å². The van der Waals surface area contributed by atoms with Gasteiger partial charge >= 0.3 is 6.16 Å². The molecule has 0 bridgehead atoms. The number of anilines is 1. The molecule has 0 atom stereocenters. The van der Waals surface area contributed by atoms with Gasteiger partial charge in [0.15, 0.2) is 6.61 Å². The third-order valence-electron chi connectivity index (χ3n) is 1.79. The molecule has 1 heterocycles. The number of hydrogen-bond donors (Lipinski definition) is 2. The molecule has 1 aliphatic heterocycles. The van der Waals surface area contributed by atoms with E-state index in [-0.39, 0.29) is 18.3 Å². The van der Waals surface area contributed by atoms with Crippen molar-refractivity contribution in [1.82, 2.24) is 0 Å². The zero-order valence-corrected chi connectivity index (χ0v) is 7.52. The normalized spacial score (nSPS) is 13.5. The molecule has 78 valence electrons. The molecule has 0 saturated carbocycles. The number of carbonyl (C=O) groups excluding carboxylic acids is 1. The van der Waals surface area contributed by atoms with Crippen LogP contribution in [0.1, 0.15) is 0 Å². The number of ether oxygens (including phenoxy) is 2. The van der Waals surface area contributed by atoms with Crippen molar-refractivity contribution in [2.75, 3.05) is 11.9 Å². The highest BCUT2D eigenvalue weighted by Crippen LogP contribution is 2.31.